The van der Waals surface area contributed by atoms with Crippen molar-refractivity contribution in [3.63, 3.8) is 0 Å². The van der Waals surface area contributed by atoms with Crippen LogP contribution in [0.5, 0.6) is 0 Å². The van der Waals surface area contributed by atoms with E-state index in [1.165, 1.54) is 38.4 Å². The third-order valence-electron chi connectivity index (χ3n) is 10.8. The average molecular weight is 863 g/mol. The Morgan fingerprint density at radius 3 is 1.30 bits per heavy atom. The molecule has 2 aliphatic rings. The van der Waals surface area contributed by atoms with Crippen LogP contribution in [0.4, 0.5) is 20.4 Å². The first-order valence-electron chi connectivity index (χ1n) is 20.1. The first-order valence-corrected chi connectivity index (χ1v) is 20.1. The maximum absolute atomic E-state index is 13.5. The highest BCUT2D eigenvalue weighted by molar-refractivity contribution is 6.35. The standard InChI is InChI=1S/2C22H18FN7O2/c1-3-15-19(13-8-10-14(23)11-9-13)25-29(12-18-24-26-27-28(18)2)20(15)30-21(31)16-6-4-5-7-17(16)22(30)32;1-3-15-19(13-8-10-14(23)11-9-13)26-29(12-18-24-27-28(2)25-18)20(15)30-21(31)16-6-4-5-7-17(16)22(30)32/h2*4-11H,3,12H2,1-2H3. The number of carbonyl (C=O) groups is 4. The summed E-state index contributed by atoms with van der Waals surface area (Å²) >= 11 is 0. The van der Waals surface area contributed by atoms with Crippen molar-refractivity contribution in [3.8, 4) is 22.5 Å². The number of hydrogen-bond acceptors (Lipinski definition) is 12. The number of tetrazole rings is 2. The Hall–Kier alpha value is -8.42. The lowest BCUT2D eigenvalue weighted by Gasteiger charge is -2.17. The number of nitrogens with zero attached hydrogens (tertiary/aromatic N) is 14. The van der Waals surface area contributed by atoms with E-state index in [0.29, 0.717) is 92.0 Å². The average Bonchev–Trinajstić information content (AvgIpc) is 4.15. The molecule has 4 amide bonds. The number of carbonyl (C=O) groups excluding carboxylic acids is 4. The Kier molecular flexibility index (Phi) is 10.5. The third kappa shape index (κ3) is 7.09. The third-order valence-corrected chi connectivity index (χ3v) is 10.8. The molecule has 320 valence electrons. The fourth-order valence-electron chi connectivity index (χ4n) is 7.83. The number of anilines is 2. The Bertz CT molecular complexity index is 3060. The van der Waals surface area contributed by atoms with Gasteiger partial charge in [0.25, 0.3) is 23.6 Å². The Morgan fingerprint density at radius 2 is 0.938 bits per heavy atom. The molecule has 0 fully saturated rings. The van der Waals surface area contributed by atoms with E-state index >= 15 is 0 Å². The SMILES string of the molecule is CCc1c(-c2ccc(F)cc2)nn(Cc2nnn(C)n2)c1N1C(=O)c2ccccc2C1=O.CCc1c(-c2ccc(F)cc2)nn(Cc2nnnn2C)c1N1C(=O)c2ccccc2C1=O. The van der Waals surface area contributed by atoms with Gasteiger partial charge in [-0.05, 0) is 101 Å². The minimum absolute atomic E-state index is 0.102. The highest BCUT2D eigenvalue weighted by Gasteiger charge is 2.42. The first kappa shape index (κ1) is 41.0. The molecule has 0 N–H and O–H groups in total. The van der Waals surface area contributed by atoms with Gasteiger partial charge in [-0.1, -0.05) is 38.1 Å². The molecule has 0 aliphatic carbocycles. The molecule has 64 heavy (non-hydrogen) atoms. The number of amides is 4. The van der Waals surface area contributed by atoms with Gasteiger partial charge in [-0.15, -0.1) is 15.3 Å². The van der Waals surface area contributed by atoms with Crippen LogP contribution in [-0.4, -0.2) is 83.6 Å². The van der Waals surface area contributed by atoms with Gasteiger partial charge in [0.2, 0.25) is 0 Å². The number of rotatable bonds is 10. The number of fused-ring (bicyclic) bond motifs is 2. The summed E-state index contributed by atoms with van der Waals surface area (Å²) in [5.74, 6) is -0.802. The van der Waals surface area contributed by atoms with Gasteiger partial charge in [-0.2, -0.15) is 15.0 Å². The van der Waals surface area contributed by atoms with Crippen LogP contribution in [0.25, 0.3) is 22.5 Å². The van der Waals surface area contributed by atoms with Crippen LogP contribution in [0.2, 0.25) is 0 Å². The zero-order valence-corrected chi connectivity index (χ0v) is 34.7. The summed E-state index contributed by atoms with van der Waals surface area (Å²) in [6, 6.07) is 25.3. The Balaban J connectivity index is 0.000000162. The number of hydrogen-bond donors (Lipinski definition) is 0. The van der Waals surface area contributed by atoms with Crippen molar-refractivity contribution in [1.29, 1.82) is 0 Å². The molecule has 6 heterocycles. The Labute approximate surface area is 362 Å². The quantitative estimate of drug-likeness (QED) is 0.162. The van der Waals surface area contributed by atoms with Gasteiger partial charge >= 0.3 is 0 Å². The van der Waals surface area contributed by atoms with Gasteiger partial charge in [0.1, 0.15) is 36.4 Å². The molecular formula is C44H36F2N14O4. The first-order chi connectivity index (χ1) is 31.0. The second-order valence-corrected chi connectivity index (χ2v) is 14.7. The molecule has 0 saturated heterocycles. The van der Waals surface area contributed by atoms with Crippen LogP contribution in [0.1, 0.15) is 78.1 Å². The zero-order chi connectivity index (χ0) is 44.8. The van der Waals surface area contributed by atoms with Gasteiger partial charge in [0.15, 0.2) is 11.6 Å². The highest BCUT2D eigenvalue weighted by Crippen LogP contribution is 2.38. The van der Waals surface area contributed by atoms with Gasteiger partial charge in [-0.25, -0.2) is 32.6 Å². The minimum Gasteiger partial charge on any atom is -0.268 e. The fraction of sp³-hybridized carbons (Fsp3) is 0.182. The van der Waals surface area contributed by atoms with Crippen LogP contribution < -0.4 is 9.80 Å². The summed E-state index contributed by atoms with van der Waals surface area (Å²) in [6.45, 7) is 4.07. The molecule has 0 spiro atoms. The molecule has 18 nitrogen and oxygen atoms in total. The minimum atomic E-state index is -0.417. The summed E-state index contributed by atoms with van der Waals surface area (Å²) in [7, 11) is 3.34. The van der Waals surface area contributed by atoms with Crippen LogP contribution in [0, 0.1) is 11.6 Å². The molecule has 0 unspecified atom stereocenters. The maximum Gasteiger partial charge on any atom is 0.267 e. The second-order valence-electron chi connectivity index (χ2n) is 14.7. The lowest BCUT2D eigenvalue weighted by molar-refractivity contribution is 0.0907. The predicted octanol–water partition coefficient (Wildman–Crippen LogP) is 5.25. The zero-order valence-electron chi connectivity index (χ0n) is 34.7. The van der Waals surface area contributed by atoms with Crippen molar-refractivity contribution in [1.82, 2.24) is 60.0 Å². The largest absolute Gasteiger partial charge is 0.268 e. The topological polar surface area (TPSA) is 198 Å². The van der Waals surface area contributed by atoms with Crippen LogP contribution in [0.3, 0.4) is 0 Å². The van der Waals surface area contributed by atoms with Crippen molar-refractivity contribution in [2.24, 2.45) is 14.1 Å². The molecule has 0 saturated carbocycles. The van der Waals surface area contributed by atoms with Gasteiger partial charge in [-0.3, -0.25) is 19.2 Å². The van der Waals surface area contributed by atoms with E-state index in [9.17, 15) is 28.0 Å². The van der Waals surface area contributed by atoms with Crippen molar-refractivity contribution >= 4 is 35.3 Å². The van der Waals surface area contributed by atoms with Crippen molar-refractivity contribution in [2.75, 3.05) is 9.80 Å². The molecule has 20 heteroatoms. The lowest BCUT2D eigenvalue weighted by atomic mass is 10.1. The van der Waals surface area contributed by atoms with Crippen LogP contribution >= 0.6 is 0 Å². The Morgan fingerprint density at radius 1 is 0.516 bits per heavy atom. The van der Waals surface area contributed by atoms with Crippen molar-refractivity contribution in [3.05, 3.63) is 154 Å². The molecule has 0 radical (unpaired) electrons. The molecule has 8 aromatic rings. The normalized spacial score (nSPS) is 13.2. The molecule has 0 bridgehead atoms. The van der Waals surface area contributed by atoms with E-state index in [2.05, 4.69) is 30.9 Å². The van der Waals surface area contributed by atoms with E-state index in [4.69, 9.17) is 10.2 Å². The summed E-state index contributed by atoms with van der Waals surface area (Å²) in [6.07, 6.45) is 0.982. The monoisotopic (exact) mass is 862 g/mol. The van der Waals surface area contributed by atoms with E-state index in [-0.39, 0.29) is 24.7 Å². The van der Waals surface area contributed by atoms with Crippen molar-refractivity contribution < 1.29 is 28.0 Å². The summed E-state index contributed by atoms with van der Waals surface area (Å²) in [4.78, 5) is 56.6. The number of benzene rings is 4. The predicted molar refractivity (Wildman–Crippen MR) is 225 cm³/mol. The molecule has 10 rings (SSSR count). The van der Waals surface area contributed by atoms with Gasteiger partial charge in [0, 0.05) is 29.3 Å². The van der Waals surface area contributed by atoms with E-state index in [1.54, 1.807) is 91.6 Å². The second kappa shape index (κ2) is 16.5. The van der Waals surface area contributed by atoms with Gasteiger partial charge in [0.05, 0.1) is 40.7 Å². The van der Waals surface area contributed by atoms with Crippen molar-refractivity contribution in [2.45, 2.75) is 39.8 Å². The number of aromatic nitrogens is 12. The van der Waals surface area contributed by atoms with E-state index < -0.39 is 23.6 Å². The number of aryl methyl sites for hydroxylation is 2. The molecule has 4 aromatic heterocycles. The van der Waals surface area contributed by atoms with E-state index in [1.807, 2.05) is 13.8 Å². The van der Waals surface area contributed by atoms with Gasteiger partial charge < -0.3 is 0 Å². The van der Waals surface area contributed by atoms with Crippen LogP contribution in [-0.2, 0) is 40.0 Å². The fourth-order valence-corrected chi connectivity index (χ4v) is 7.83. The van der Waals surface area contributed by atoms with Crippen LogP contribution in [0.15, 0.2) is 97.1 Å². The number of halogens is 2. The lowest BCUT2D eigenvalue weighted by Crippen LogP contribution is -2.32. The summed E-state index contributed by atoms with van der Waals surface area (Å²) < 4.78 is 31.6. The summed E-state index contributed by atoms with van der Waals surface area (Å²) in [5.41, 5.74) is 5.23. The molecular weight excluding hydrogens is 827 g/mol. The smallest absolute Gasteiger partial charge is 0.267 e. The highest BCUT2D eigenvalue weighted by atomic mass is 19.1. The van der Waals surface area contributed by atoms with E-state index in [0.717, 1.165) is 9.80 Å². The number of imide groups is 2. The molecule has 0 atom stereocenters. The molecule has 4 aromatic carbocycles. The molecule has 2 aliphatic heterocycles. The maximum atomic E-state index is 13.5. The summed E-state index contributed by atoms with van der Waals surface area (Å²) in [5, 5.41) is 33.0.